The summed E-state index contributed by atoms with van der Waals surface area (Å²) < 4.78 is 45.8. The Labute approximate surface area is 249 Å². The summed E-state index contributed by atoms with van der Waals surface area (Å²) in [5.74, 6) is 0.275. The average molecular weight is 658 g/mol. The molecule has 0 unspecified atom stereocenters. The van der Waals surface area contributed by atoms with Crippen molar-refractivity contribution in [3.63, 3.8) is 0 Å². The summed E-state index contributed by atoms with van der Waals surface area (Å²) in [6, 6.07) is 20.1. The molecule has 3 aromatic carbocycles. The Hall–Kier alpha value is -3.87. The summed E-state index contributed by atoms with van der Waals surface area (Å²) in [7, 11) is 0. The molecule has 0 bridgehead atoms. The largest absolute Gasteiger partial charge is 0.487 e. The van der Waals surface area contributed by atoms with Crippen molar-refractivity contribution < 1.29 is 22.7 Å². The molecule has 2 heterocycles. The number of nitrogens with zero attached hydrogens (tertiary/aromatic N) is 3. The molecule has 0 fully saturated rings. The first-order valence-corrected chi connectivity index (χ1v) is 14.7. The number of benzene rings is 3. The summed E-state index contributed by atoms with van der Waals surface area (Å²) in [6.45, 7) is 0.336. The van der Waals surface area contributed by atoms with E-state index in [0.29, 0.717) is 28.6 Å². The number of hydrogen-bond acceptors (Lipinski definition) is 7. The Kier molecular flexibility index (Phi) is 8.91. The van der Waals surface area contributed by atoms with Crippen molar-refractivity contribution in [3.8, 4) is 26.9 Å². The van der Waals surface area contributed by atoms with E-state index in [1.54, 1.807) is 47.0 Å². The molecule has 0 atom stereocenters. The van der Waals surface area contributed by atoms with Gasteiger partial charge in [-0.1, -0.05) is 40.2 Å². The van der Waals surface area contributed by atoms with Gasteiger partial charge in [-0.2, -0.15) is 18.3 Å². The van der Waals surface area contributed by atoms with E-state index in [1.807, 2.05) is 29.6 Å². The number of nitrogens with one attached hydrogen (secondary N) is 1. The Balaban J connectivity index is 1.09. The van der Waals surface area contributed by atoms with Crippen molar-refractivity contribution in [1.82, 2.24) is 15.4 Å². The van der Waals surface area contributed by atoms with E-state index in [9.17, 15) is 18.0 Å². The van der Waals surface area contributed by atoms with E-state index in [2.05, 4.69) is 36.4 Å². The molecule has 0 saturated heterocycles. The lowest BCUT2D eigenvalue weighted by molar-refractivity contribution is -0.137. The molecule has 2 aromatic heterocycles. The number of amides is 1. The van der Waals surface area contributed by atoms with Gasteiger partial charge in [-0.3, -0.25) is 4.79 Å². The molecule has 0 radical (unpaired) electrons. The lowest BCUT2D eigenvalue weighted by Crippen LogP contribution is -2.19. The van der Waals surface area contributed by atoms with Crippen LogP contribution < -0.4 is 10.2 Å². The molecule has 5 rings (SSSR count). The lowest BCUT2D eigenvalue weighted by atomic mass is 10.1. The van der Waals surface area contributed by atoms with Crippen LogP contribution in [0.25, 0.3) is 21.1 Å². The molecule has 5 aromatic rings. The van der Waals surface area contributed by atoms with Crippen LogP contribution in [0.5, 0.6) is 5.75 Å². The number of rotatable bonds is 9. The van der Waals surface area contributed by atoms with E-state index in [4.69, 9.17) is 4.74 Å². The molecule has 0 aliphatic carbocycles. The third-order valence-electron chi connectivity index (χ3n) is 5.64. The molecule has 6 nitrogen and oxygen atoms in total. The zero-order valence-electron chi connectivity index (χ0n) is 21.1. The molecule has 0 aliphatic heterocycles. The van der Waals surface area contributed by atoms with E-state index in [1.165, 1.54) is 23.6 Å². The van der Waals surface area contributed by atoms with Crippen LogP contribution in [-0.2, 0) is 24.0 Å². The third kappa shape index (κ3) is 7.87. The van der Waals surface area contributed by atoms with Crippen molar-refractivity contribution in [1.29, 1.82) is 0 Å². The summed E-state index contributed by atoms with van der Waals surface area (Å²) in [4.78, 5) is 21.2. The number of hydrazone groups is 1. The summed E-state index contributed by atoms with van der Waals surface area (Å²) in [6.07, 6.45) is -2.99. The summed E-state index contributed by atoms with van der Waals surface area (Å²) in [5.41, 5.74) is 5.13. The van der Waals surface area contributed by atoms with E-state index in [-0.39, 0.29) is 6.42 Å². The number of aromatic nitrogens is 2. The molecular weight excluding hydrogens is 637 g/mol. The average Bonchev–Trinajstić information content (AvgIpc) is 3.63. The minimum absolute atomic E-state index is 0.0558. The van der Waals surface area contributed by atoms with Crippen LogP contribution in [0.1, 0.15) is 22.5 Å². The van der Waals surface area contributed by atoms with Gasteiger partial charge in [0, 0.05) is 26.4 Å². The van der Waals surface area contributed by atoms with Crippen molar-refractivity contribution in [2.45, 2.75) is 19.2 Å². The molecule has 1 N–H and O–H groups in total. The zero-order chi connectivity index (χ0) is 28.8. The number of carbonyl (C=O) groups excluding carboxylic acids is 1. The van der Waals surface area contributed by atoms with E-state index >= 15 is 0 Å². The number of ether oxygens (including phenoxy) is 1. The fourth-order valence-corrected chi connectivity index (χ4v) is 5.53. The maximum absolute atomic E-state index is 13.0. The highest BCUT2D eigenvalue weighted by molar-refractivity contribution is 9.10. The number of carbonyl (C=O) groups is 1. The van der Waals surface area contributed by atoms with Gasteiger partial charge in [-0.15, -0.1) is 22.7 Å². The van der Waals surface area contributed by atoms with Crippen molar-refractivity contribution in [3.05, 3.63) is 111 Å². The van der Waals surface area contributed by atoms with Gasteiger partial charge in [-0.05, 0) is 54.1 Å². The van der Waals surface area contributed by atoms with Crippen LogP contribution in [0, 0.1) is 0 Å². The van der Waals surface area contributed by atoms with Gasteiger partial charge in [0.05, 0.1) is 29.6 Å². The van der Waals surface area contributed by atoms with Crippen LogP contribution in [0.2, 0.25) is 0 Å². The smallest absolute Gasteiger partial charge is 0.416 e. The quantitative estimate of drug-likeness (QED) is 0.129. The van der Waals surface area contributed by atoms with Crippen molar-refractivity contribution in [2.24, 2.45) is 5.10 Å². The van der Waals surface area contributed by atoms with Gasteiger partial charge < -0.3 is 4.74 Å². The second-order valence-electron chi connectivity index (χ2n) is 8.70. The SMILES string of the molecule is O=C(Cc1csc(-c2cccc(C(F)(F)F)c2)n1)N/N=C\c1ccc(OCc2csc(-c3ccc(Br)cc3)n2)cc1. The van der Waals surface area contributed by atoms with Gasteiger partial charge in [0.2, 0.25) is 5.91 Å². The highest BCUT2D eigenvalue weighted by Gasteiger charge is 2.30. The topological polar surface area (TPSA) is 76.5 Å². The maximum Gasteiger partial charge on any atom is 0.416 e. The standard InChI is InChI=1S/C29H20BrF3N4O2S2/c30-22-8-6-19(7-9-22)27-36-24(17-41-27)15-39-25-10-4-18(5-11-25)14-34-37-26(38)13-23-16-40-28(35-23)20-2-1-3-21(12-20)29(31,32)33/h1-12,14,16-17H,13,15H2,(H,37,38)/b34-14-. The van der Waals surface area contributed by atoms with Crippen LogP contribution in [-0.4, -0.2) is 22.1 Å². The van der Waals surface area contributed by atoms with Crippen molar-refractivity contribution in [2.75, 3.05) is 0 Å². The highest BCUT2D eigenvalue weighted by atomic mass is 79.9. The Morgan fingerprint density at radius 2 is 1.61 bits per heavy atom. The first-order valence-electron chi connectivity index (χ1n) is 12.1. The van der Waals surface area contributed by atoms with Crippen LogP contribution in [0.4, 0.5) is 13.2 Å². The maximum atomic E-state index is 13.0. The Bertz CT molecular complexity index is 1670. The third-order valence-corrected chi connectivity index (χ3v) is 8.05. The van der Waals surface area contributed by atoms with Gasteiger partial charge in [-0.25, -0.2) is 15.4 Å². The fraction of sp³-hybridized carbons (Fsp3) is 0.103. The first-order chi connectivity index (χ1) is 19.7. The van der Waals surface area contributed by atoms with Gasteiger partial charge in [0.25, 0.3) is 0 Å². The normalized spacial score (nSPS) is 11.6. The molecular formula is C29H20BrF3N4O2S2. The second kappa shape index (κ2) is 12.8. The van der Waals surface area contributed by atoms with Crippen molar-refractivity contribution >= 4 is 50.7 Å². The molecule has 1 amide bonds. The number of thiazole rings is 2. The zero-order valence-corrected chi connectivity index (χ0v) is 24.3. The Morgan fingerprint density at radius 3 is 2.34 bits per heavy atom. The Morgan fingerprint density at radius 1 is 0.927 bits per heavy atom. The summed E-state index contributed by atoms with van der Waals surface area (Å²) >= 11 is 6.17. The lowest BCUT2D eigenvalue weighted by Gasteiger charge is -2.07. The predicted octanol–water partition coefficient (Wildman–Crippen LogP) is 7.99. The monoisotopic (exact) mass is 656 g/mol. The van der Waals surface area contributed by atoms with Gasteiger partial charge in [0.15, 0.2) is 0 Å². The number of halogens is 4. The second-order valence-corrected chi connectivity index (χ2v) is 11.3. The number of alkyl halides is 3. The summed E-state index contributed by atoms with van der Waals surface area (Å²) in [5, 5.41) is 8.92. The number of hydrogen-bond donors (Lipinski definition) is 1. The van der Waals surface area contributed by atoms with Crippen LogP contribution in [0.15, 0.2) is 93.1 Å². The van der Waals surface area contributed by atoms with Gasteiger partial charge >= 0.3 is 6.18 Å². The fourth-order valence-electron chi connectivity index (χ4n) is 3.64. The molecule has 41 heavy (non-hydrogen) atoms. The van der Waals surface area contributed by atoms with Crippen LogP contribution in [0.3, 0.4) is 0 Å². The minimum atomic E-state index is -4.44. The first kappa shape index (κ1) is 28.7. The van der Waals surface area contributed by atoms with E-state index in [0.717, 1.165) is 38.4 Å². The molecule has 12 heteroatoms. The molecule has 0 spiro atoms. The van der Waals surface area contributed by atoms with Gasteiger partial charge in [0.1, 0.15) is 22.4 Å². The predicted molar refractivity (Wildman–Crippen MR) is 158 cm³/mol. The van der Waals surface area contributed by atoms with Crippen LogP contribution >= 0.6 is 38.6 Å². The molecule has 208 valence electrons. The highest BCUT2D eigenvalue weighted by Crippen LogP contribution is 2.33. The van der Waals surface area contributed by atoms with E-state index < -0.39 is 17.6 Å². The molecule has 0 aliphatic rings. The minimum Gasteiger partial charge on any atom is -0.487 e. The molecule has 0 saturated carbocycles.